The summed E-state index contributed by atoms with van der Waals surface area (Å²) in [5.74, 6) is 0.511. The summed E-state index contributed by atoms with van der Waals surface area (Å²) in [6.45, 7) is 16.3. The Morgan fingerprint density at radius 2 is 1.67 bits per heavy atom. The Morgan fingerprint density at radius 1 is 1.13 bits per heavy atom. The van der Waals surface area contributed by atoms with E-state index in [0.29, 0.717) is 5.92 Å². The molecule has 0 fully saturated rings. The number of hydrogen-bond acceptors (Lipinski definition) is 1. The van der Waals surface area contributed by atoms with Crippen molar-refractivity contribution in [2.45, 2.75) is 41.5 Å². The summed E-state index contributed by atoms with van der Waals surface area (Å²) in [6, 6.07) is 0. The maximum absolute atomic E-state index is 4.58. The van der Waals surface area contributed by atoms with Gasteiger partial charge in [-0.15, -0.1) is 0 Å². The van der Waals surface area contributed by atoms with Gasteiger partial charge in [0.05, 0.1) is 0 Å². The third-order valence-corrected chi connectivity index (χ3v) is 2.52. The van der Waals surface area contributed by atoms with Crippen LogP contribution in [-0.4, -0.2) is 5.71 Å². The molecule has 0 bridgehead atoms. The summed E-state index contributed by atoms with van der Waals surface area (Å²) in [4.78, 5) is 4.58. The third kappa shape index (κ3) is 5.36. The van der Waals surface area contributed by atoms with Crippen molar-refractivity contribution in [1.29, 1.82) is 0 Å². The highest BCUT2D eigenvalue weighted by Crippen LogP contribution is 2.11. The van der Waals surface area contributed by atoms with Gasteiger partial charge in [0.1, 0.15) is 0 Å². The summed E-state index contributed by atoms with van der Waals surface area (Å²) in [5.41, 5.74) is 4.63. The molecule has 15 heavy (non-hydrogen) atoms. The topological polar surface area (TPSA) is 12.4 Å². The molecule has 84 valence electrons. The lowest BCUT2D eigenvalue weighted by molar-refractivity contribution is 0.874. The van der Waals surface area contributed by atoms with Crippen LogP contribution in [0.2, 0.25) is 0 Å². The molecule has 0 saturated carbocycles. The fourth-order valence-corrected chi connectivity index (χ4v) is 0.987. The van der Waals surface area contributed by atoms with Gasteiger partial charge in [-0.05, 0) is 39.2 Å². The van der Waals surface area contributed by atoms with Crippen LogP contribution in [0, 0.1) is 5.92 Å². The van der Waals surface area contributed by atoms with Crippen molar-refractivity contribution in [3.05, 3.63) is 35.6 Å². The first-order valence-corrected chi connectivity index (χ1v) is 5.41. The second kappa shape index (κ2) is 6.39. The minimum absolute atomic E-state index is 0.511. The number of rotatable bonds is 4. The molecule has 0 aliphatic rings. The van der Waals surface area contributed by atoms with E-state index in [1.165, 1.54) is 16.9 Å². The summed E-state index contributed by atoms with van der Waals surface area (Å²) >= 11 is 0. The van der Waals surface area contributed by atoms with Crippen LogP contribution >= 0.6 is 0 Å². The normalized spacial score (nSPS) is 15.4. The van der Waals surface area contributed by atoms with E-state index in [1.807, 2.05) is 19.9 Å². The Balaban J connectivity index is 4.96. The van der Waals surface area contributed by atoms with Crippen LogP contribution in [0.1, 0.15) is 41.5 Å². The first-order chi connectivity index (χ1) is 6.88. The van der Waals surface area contributed by atoms with Gasteiger partial charge in [0.2, 0.25) is 0 Å². The van der Waals surface area contributed by atoms with Crippen LogP contribution in [0.4, 0.5) is 0 Å². The van der Waals surface area contributed by atoms with E-state index < -0.39 is 0 Å². The summed E-state index contributed by atoms with van der Waals surface area (Å²) in [7, 11) is 0. The molecule has 0 N–H and O–H groups in total. The van der Waals surface area contributed by atoms with Crippen LogP contribution in [0.3, 0.4) is 0 Å². The molecule has 0 heterocycles. The van der Waals surface area contributed by atoms with E-state index in [1.54, 1.807) is 0 Å². The molecule has 0 aromatic heterocycles. The van der Waals surface area contributed by atoms with Gasteiger partial charge in [0.15, 0.2) is 0 Å². The lowest BCUT2D eigenvalue weighted by Gasteiger charge is -2.05. The molecule has 0 rings (SSSR count). The average molecular weight is 205 g/mol. The molecule has 0 radical (unpaired) electrons. The van der Waals surface area contributed by atoms with Crippen molar-refractivity contribution in [1.82, 2.24) is 0 Å². The molecule has 0 atom stereocenters. The van der Waals surface area contributed by atoms with Crippen LogP contribution < -0.4 is 0 Å². The minimum atomic E-state index is 0.511. The Hall–Kier alpha value is -1.11. The lowest BCUT2D eigenvalue weighted by atomic mass is 10.1. The van der Waals surface area contributed by atoms with Crippen molar-refractivity contribution in [2.24, 2.45) is 10.9 Å². The Kier molecular flexibility index (Phi) is 5.92. The van der Waals surface area contributed by atoms with E-state index in [9.17, 15) is 0 Å². The number of allylic oxidation sites excluding steroid dienone is 5. The highest BCUT2D eigenvalue weighted by Gasteiger charge is 1.99. The molecular formula is C14H23N. The second-order valence-electron chi connectivity index (χ2n) is 4.27. The zero-order valence-electron chi connectivity index (χ0n) is 10.9. The average Bonchev–Trinajstić information content (AvgIpc) is 2.16. The number of aliphatic imine (C=N–C) groups is 1. The maximum atomic E-state index is 4.58. The van der Waals surface area contributed by atoms with Crippen molar-refractivity contribution in [3.63, 3.8) is 0 Å². The predicted octanol–water partition coefficient (Wildman–Crippen LogP) is 4.53. The van der Waals surface area contributed by atoms with Crippen molar-refractivity contribution in [2.75, 3.05) is 0 Å². The molecular weight excluding hydrogens is 182 g/mol. The molecule has 0 aliphatic heterocycles. The quantitative estimate of drug-likeness (QED) is 0.472. The number of nitrogens with zero attached hydrogens (tertiary/aromatic N) is 1. The van der Waals surface area contributed by atoms with E-state index in [4.69, 9.17) is 0 Å². The van der Waals surface area contributed by atoms with Crippen molar-refractivity contribution in [3.8, 4) is 0 Å². The van der Waals surface area contributed by atoms with E-state index in [-0.39, 0.29) is 0 Å². The van der Waals surface area contributed by atoms with Gasteiger partial charge in [0, 0.05) is 11.4 Å². The molecule has 0 amide bonds. The smallest absolute Gasteiger partial charge is 0.0401 e. The van der Waals surface area contributed by atoms with Crippen LogP contribution in [-0.2, 0) is 0 Å². The van der Waals surface area contributed by atoms with Gasteiger partial charge in [-0.2, -0.15) is 0 Å². The minimum Gasteiger partial charge on any atom is -0.262 e. The molecule has 0 aromatic rings. The highest BCUT2D eigenvalue weighted by molar-refractivity contribution is 5.84. The predicted molar refractivity (Wildman–Crippen MR) is 70.3 cm³/mol. The molecule has 1 heteroatoms. The summed E-state index contributed by atoms with van der Waals surface area (Å²) in [6.07, 6.45) is 3.97. The Bertz CT molecular complexity index is 314. The lowest BCUT2D eigenvalue weighted by Crippen LogP contribution is -2.01. The Labute approximate surface area is 94.3 Å². The molecule has 0 saturated heterocycles. The van der Waals surface area contributed by atoms with Crippen molar-refractivity contribution >= 4 is 5.71 Å². The molecule has 0 aromatic carbocycles. The first-order valence-electron chi connectivity index (χ1n) is 5.41. The zero-order valence-corrected chi connectivity index (χ0v) is 10.9. The molecule has 1 nitrogen and oxygen atoms in total. The van der Waals surface area contributed by atoms with E-state index in [0.717, 1.165) is 5.70 Å². The maximum Gasteiger partial charge on any atom is 0.0401 e. The first kappa shape index (κ1) is 13.9. The van der Waals surface area contributed by atoms with Gasteiger partial charge in [0.25, 0.3) is 0 Å². The van der Waals surface area contributed by atoms with Gasteiger partial charge in [-0.3, -0.25) is 4.99 Å². The van der Waals surface area contributed by atoms with Gasteiger partial charge < -0.3 is 0 Å². The van der Waals surface area contributed by atoms with E-state index in [2.05, 4.69) is 45.3 Å². The van der Waals surface area contributed by atoms with Gasteiger partial charge in [-0.25, -0.2) is 0 Å². The van der Waals surface area contributed by atoms with E-state index >= 15 is 0 Å². The fourth-order valence-electron chi connectivity index (χ4n) is 0.987. The van der Waals surface area contributed by atoms with Crippen LogP contribution in [0.15, 0.2) is 40.6 Å². The summed E-state index contributed by atoms with van der Waals surface area (Å²) < 4.78 is 0. The van der Waals surface area contributed by atoms with Crippen LogP contribution in [0.5, 0.6) is 0 Å². The fraction of sp³-hybridized carbons (Fsp3) is 0.500. The number of hydrogen-bond donors (Lipinski definition) is 0. The standard InChI is InChI=1S/C14H23N/c1-8-11(4)9-12(5)14(7)15-13(6)10(2)3/h8-10H,1H2,2-7H3/b11-9-,14-12+,15-13+. The van der Waals surface area contributed by atoms with Crippen molar-refractivity contribution < 1.29 is 0 Å². The van der Waals surface area contributed by atoms with Gasteiger partial charge >= 0.3 is 0 Å². The zero-order chi connectivity index (χ0) is 12.0. The van der Waals surface area contributed by atoms with Gasteiger partial charge in [-0.1, -0.05) is 38.2 Å². The molecule has 0 spiro atoms. The second-order valence-corrected chi connectivity index (χ2v) is 4.27. The third-order valence-electron chi connectivity index (χ3n) is 2.52. The van der Waals surface area contributed by atoms with Crippen LogP contribution in [0.25, 0.3) is 0 Å². The molecule has 0 unspecified atom stereocenters. The highest BCUT2D eigenvalue weighted by atomic mass is 14.7. The molecule has 0 aliphatic carbocycles. The SMILES string of the molecule is C=C\C(C)=C/C(C)=C(C)/N=C(\C)C(C)C. The Morgan fingerprint density at radius 3 is 2.07 bits per heavy atom. The summed E-state index contributed by atoms with van der Waals surface area (Å²) in [5, 5.41) is 0. The monoisotopic (exact) mass is 205 g/mol. The largest absolute Gasteiger partial charge is 0.262 e.